The number of ether oxygens (including phenoxy) is 1. The van der Waals surface area contributed by atoms with Gasteiger partial charge in [-0.1, -0.05) is 13.3 Å². The van der Waals surface area contributed by atoms with Crippen LogP contribution in [0.25, 0.3) is 0 Å². The van der Waals surface area contributed by atoms with Gasteiger partial charge in [0, 0.05) is 26.2 Å². The van der Waals surface area contributed by atoms with Crippen molar-refractivity contribution in [1.82, 2.24) is 10.6 Å². The highest BCUT2D eigenvalue weighted by Gasteiger charge is 2.32. The van der Waals surface area contributed by atoms with Crippen molar-refractivity contribution in [2.45, 2.75) is 45.1 Å². The molecular weight excluding hydrogens is 200 g/mol. The molecule has 2 N–H and O–H groups in total. The van der Waals surface area contributed by atoms with E-state index < -0.39 is 0 Å². The first-order valence-electron chi connectivity index (χ1n) is 6.88. The Morgan fingerprint density at radius 1 is 1.50 bits per heavy atom. The lowest BCUT2D eigenvalue weighted by molar-refractivity contribution is 0.106. The second kappa shape index (κ2) is 5.99. The highest BCUT2D eigenvalue weighted by Crippen LogP contribution is 2.30. The molecule has 0 amide bonds. The summed E-state index contributed by atoms with van der Waals surface area (Å²) in [6.07, 6.45) is 6.94. The van der Waals surface area contributed by atoms with Crippen molar-refractivity contribution < 1.29 is 4.74 Å². The zero-order valence-electron chi connectivity index (χ0n) is 10.6. The second-order valence-electron chi connectivity index (χ2n) is 5.44. The van der Waals surface area contributed by atoms with Crippen LogP contribution in [0.3, 0.4) is 0 Å². The molecule has 94 valence electrons. The topological polar surface area (TPSA) is 33.3 Å². The minimum Gasteiger partial charge on any atom is -0.377 e. The Kier molecular flexibility index (Phi) is 4.62. The van der Waals surface area contributed by atoms with E-state index in [1.807, 2.05) is 0 Å². The number of rotatable bonds is 6. The largest absolute Gasteiger partial charge is 0.377 e. The minimum absolute atomic E-state index is 0.480. The van der Waals surface area contributed by atoms with Crippen LogP contribution in [-0.4, -0.2) is 38.9 Å². The molecule has 0 aromatic carbocycles. The molecule has 0 aliphatic carbocycles. The summed E-state index contributed by atoms with van der Waals surface area (Å²) < 4.78 is 5.63. The molecule has 2 saturated heterocycles. The summed E-state index contributed by atoms with van der Waals surface area (Å²) in [5.74, 6) is 0. The van der Waals surface area contributed by atoms with E-state index >= 15 is 0 Å². The van der Waals surface area contributed by atoms with Gasteiger partial charge >= 0.3 is 0 Å². The molecule has 2 aliphatic rings. The van der Waals surface area contributed by atoms with Gasteiger partial charge in [0.15, 0.2) is 0 Å². The number of hydrogen-bond donors (Lipinski definition) is 2. The molecule has 2 aliphatic heterocycles. The van der Waals surface area contributed by atoms with Crippen LogP contribution in [0.1, 0.15) is 39.0 Å². The molecular formula is C13H26N2O. The van der Waals surface area contributed by atoms with Gasteiger partial charge in [-0.2, -0.15) is 0 Å². The van der Waals surface area contributed by atoms with Crippen molar-refractivity contribution in [3.05, 3.63) is 0 Å². The smallest absolute Gasteiger partial charge is 0.0700 e. The van der Waals surface area contributed by atoms with Crippen molar-refractivity contribution in [2.75, 3.05) is 32.8 Å². The van der Waals surface area contributed by atoms with Crippen LogP contribution in [0.2, 0.25) is 0 Å². The van der Waals surface area contributed by atoms with Crippen LogP contribution in [0, 0.1) is 5.41 Å². The van der Waals surface area contributed by atoms with Crippen molar-refractivity contribution in [3.63, 3.8) is 0 Å². The fraction of sp³-hybridized carbons (Fsp3) is 1.00. The van der Waals surface area contributed by atoms with Gasteiger partial charge in [-0.05, 0) is 37.6 Å². The summed E-state index contributed by atoms with van der Waals surface area (Å²) >= 11 is 0. The second-order valence-corrected chi connectivity index (χ2v) is 5.44. The third-order valence-corrected chi connectivity index (χ3v) is 4.01. The number of hydrogen-bond acceptors (Lipinski definition) is 3. The predicted molar refractivity (Wildman–Crippen MR) is 66.7 cm³/mol. The van der Waals surface area contributed by atoms with E-state index in [1.54, 1.807) is 0 Å². The Hall–Kier alpha value is -0.120. The van der Waals surface area contributed by atoms with Crippen molar-refractivity contribution in [2.24, 2.45) is 5.41 Å². The lowest BCUT2D eigenvalue weighted by Gasteiger charge is -2.28. The van der Waals surface area contributed by atoms with Gasteiger partial charge in [-0.25, -0.2) is 0 Å². The van der Waals surface area contributed by atoms with Crippen LogP contribution < -0.4 is 10.6 Å². The van der Waals surface area contributed by atoms with E-state index in [4.69, 9.17) is 4.74 Å². The predicted octanol–water partition coefficient (Wildman–Crippen LogP) is 1.53. The Balaban J connectivity index is 1.69. The summed E-state index contributed by atoms with van der Waals surface area (Å²) in [5, 5.41) is 7.14. The van der Waals surface area contributed by atoms with Crippen molar-refractivity contribution in [3.8, 4) is 0 Å². The minimum atomic E-state index is 0.480. The molecule has 16 heavy (non-hydrogen) atoms. The van der Waals surface area contributed by atoms with Gasteiger partial charge < -0.3 is 15.4 Å². The molecule has 0 aromatic heterocycles. The summed E-state index contributed by atoms with van der Waals surface area (Å²) in [7, 11) is 0. The zero-order chi connectivity index (χ0) is 11.3. The highest BCUT2D eigenvalue weighted by atomic mass is 16.5. The molecule has 2 heterocycles. The highest BCUT2D eigenvalue weighted by molar-refractivity contribution is 4.89. The molecule has 0 bridgehead atoms. The molecule has 0 aromatic rings. The molecule has 2 atom stereocenters. The molecule has 3 nitrogen and oxygen atoms in total. The quantitative estimate of drug-likeness (QED) is 0.721. The maximum Gasteiger partial charge on any atom is 0.0700 e. The lowest BCUT2D eigenvalue weighted by atomic mass is 9.82. The fourth-order valence-corrected chi connectivity index (χ4v) is 3.08. The fourth-order valence-electron chi connectivity index (χ4n) is 3.08. The van der Waals surface area contributed by atoms with E-state index in [-0.39, 0.29) is 0 Å². The first kappa shape index (κ1) is 12.3. The normalized spacial score (nSPS) is 34.7. The van der Waals surface area contributed by atoms with Crippen LogP contribution in [0.4, 0.5) is 0 Å². The van der Waals surface area contributed by atoms with Gasteiger partial charge in [-0.15, -0.1) is 0 Å². The molecule has 2 fully saturated rings. The van der Waals surface area contributed by atoms with E-state index in [0.29, 0.717) is 11.5 Å². The van der Waals surface area contributed by atoms with E-state index in [2.05, 4.69) is 17.6 Å². The van der Waals surface area contributed by atoms with Crippen molar-refractivity contribution in [1.29, 1.82) is 0 Å². The molecule has 3 heteroatoms. The Bertz CT molecular complexity index is 196. The molecule has 2 rings (SSSR count). The van der Waals surface area contributed by atoms with Gasteiger partial charge in [-0.3, -0.25) is 0 Å². The van der Waals surface area contributed by atoms with Crippen LogP contribution in [0.15, 0.2) is 0 Å². The van der Waals surface area contributed by atoms with E-state index in [9.17, 15) is 0 Å². The van der Waals surface area contributed by atoms with Gasteiger partial charge in [0.05, 0.1) is 6.10 Å². The van der Waals surface area contributed by atoms with Gasteiger partial charge in [0.2, 0.25) is 0 Å². The third-order valence-electron chi connectivity index (χ3n) is 4.01. The molecule has 0 saturated carbocycles. The van der Waals surface area contributed by atoms with E-state index in [0.717, 1.165) is 19.7 Å². The van der Waals surface area contributed by atoms with Crippen LogP contribution >= 0.6 is 0 Å². The maximum absolute atomic E-state index is 5.63. The SMILES string of the molecule is CCCC1(CNCC2CCCO2)CCNC1. The standard InChI is InChI=1S/C13H26N2O/c1-2-5-13(6-7-14-10-13)11-15-9-12-4-3-8-16-12/h12,14-15H,2-11H2,1H3. The zero-order valence-corrected chi connectivity index (χ0v) is 10.6. The van der Waals surface area contributed by atoms with E-state index in [1.165, 1.54) is 45.2 Å². The number of nitrogens with one attached hydrogen (secondary N) is 2. The summed E-state index contributed by atoms with van der Waals surface area (Å²) in [6, 6.07) is 0. The van der Waals surface area contributed by atoms with Crippen LogP contribution in [-0.2, 0) is 4.74 Å². The Labute approximate surface area is 99.3 Å². The summed E-state index contributed by atoms with van der Waals surface area (Å²) in [5.41, 5.74) is 0.521. The molecule has 2 unspecified atom stereocenters. The third kappa shape index (κ3) is 3.19. The Morgan fingerprint density at radius 2 is 2.44 bits per heavy atom. The lowest BCUT2D eigenvalue weighted by Crippen LogP contribution is -2.39. The van der Waals surface area contributed by atoms with Crippen LogP contribution in [0.5, 0.6) is 0 Å². The average molecular weight is 226 g/mol. The summed E-state index contributed by atoms with van der Waals surface area (Å²) in [6.45, 7) is 7.86. The van der Waals surface area contributed by atoms with Crippen molar-refractivity contribution >= 4 is 0 Å². The first-order valence-corrected chi connectivity index (χ1v) is 6.88. The van der Waals surface area contributed by atoms with Gasteiger partial charge in [0.1, 0.15) is 0 Å². The monoisotopic (exact) mass is 226 g/mol. The Morgan fingerprint density at radius 3 is 3.06 bits per heavy atom. The maximum atomic E-state index is 5.63. The van der Waals surface area contributed by atoms with Gasteiger partial charge in [0.25, 0.3) is 0 Å². The molecule has 0 radical (unpaired) electrons. The first-order chi connectivity index (χ1) is 7.85. The average Bonchev–Trinajstić information content (AvgIpc) is 2.90. The molecule has 0 spiro atoms. The summed E-state index contributed by atoms with van der Waals surface area (Å²) in [4.78, 5) is 0.